The molecule has 12 nitrogen and oxygen atoms in total. The van der Waals surface area contributed by atoms with Crippen LogP contribution in [0.2, 0.25) is 0 Å². The standard InChI is InChI=1S/C34H51N5O7/c1-19(2)23-16-25(30(42)36-24(15-21-13-14-21)27(40)29(35)41)39(17-23)31(43)28(34(5,6)7)38-33(45)37-26(20(3)4)32(44)46-18-22-11-9-8-10-12-22/h8-12,19-21,23-26,28H,13-18H2,1-7H3,(H2,35,41)(H,36,42)(H2,37,38,45)/t23-,24?,25+,26+,28-/m1/s1. The molecule has 46 heavy (non-hydrogen) atoms. The van der Waals surface area contributed by atoms with Crippen LogP contribution in [0, 0.1) is 29.1 Å². The van der Waals surface area contributed by atoms with Crippen LogP contribution in [0.4, 0.5) is 4.79 Å². The molecule has 5 atom stereocenters. The van der Waals surface area contributed by atoms with Gasteiger partial charge in [-0.05, 0) is 47.5 Å². The number of nitrogens with two attached hydrogens (primary N) is 1. The highest BCUT2D eigenvalue weighted by Crippen LogP contribution is 2.35. The first-order valence-corrected chi connectivity index (χ1v) is 16.2. The molecule has 3 rings (SSSR count). The topological polar surface area (TPSA) is 177 Å². The summed E-state index contributed by atoms with van der Waals surface area (Å²) in [6.07, 6.45) is 2.50. The van der Waals surface area contributed by atoms with E-state index in [0.29, 0.717) is 12.8 Å². The molecule has 0 bridgehead atoms. The second kappa shape index (κ2) is 15.6. The van der Waals surface area contributed by atoms with Gasteiger partial charge in [0.1, 0.15) is 24.7 Å². The Morgan fingerprint density at radius 2 is 1.59 bits per heavy atom. The molecule has 0 aromatic heterocycles. The van der Waals surface area contributed by atoms with Gasteiger partial charge in [-0.2, -0.15) is 0 Å². The molecule has 2 fully saturated rings. The number of nitrogens with one attached hydrogen (secondary N) is 3. The molecular formula is C34H51N5O7. The molecule has 2 aliphatic rings. The fourth-order valence-corrected chi connectivity index (χ4v) is 5.65. The number of amides is 5. The summed E-state index contributed by atoms with van der Waals surface area (Å²) in [6.45, 7) is 13.3. The minimum atomic E-state index is -1.11. The van der Waals surface area contributed by atoms with Crippen LogP contribution in [0.1, 0.15) is 79.7 Å². The summed E-state index contributed by atoms with van der Waals surface area (Å²) >= 11 is 0. The Kier molecular flexibility index (Phi) is 12.3. The number of esters is 1. The van der Waals surface area contributed by atoms with Crippen molar-refractivity contribution >= 4 is 35.5 Å². The van der Waals surface area contributed by atoms with E-state index in [0.717, 1.165) is 18.4 Å². The van der Waals surface area contributed by atoms with Crippen molar-refractivity contribution < 1.29 is 33.5 Å². The molecule has 1 aliphatic carbocycles. The van der Waals surface area contributed by atoms with Gasteiger partial charge in [0, 0.05) is 6.54 Å². The molecule has 1 saturated carbocycles. The van der Waals surface area contributed by atoms with Gasteiger partial charge in [0.15, 0.2) is 0 Å². The Balaban J connectivity index is 1.76. The van der Waals surface area contributed by atoms with Gasteiger partial charge in [0.05, 0.1) is 6.04 Å². The number of hydrogen-bond acceptors (Lipinski definition) is 7. The lowest BCUT2D eigenvalue weighted by Gasteiger charge is -2.36. The van der Waals surface area contributed by atoms with Crippen LogP contribution in [-0.4, -0.2) is 71.1 Å². The summed E-state index contributed by atoms with van der Waals surface area (Å²) < 4.78 is 5.47. The Labute approximate surface area is 271 Å². The first-order chi connectivity index (χ1) is 21.5. The quantitative estimate of drug-likeness (QED) is 0.178. The summed E-state index contributed by atoms with van der Waals surface area (Å²) in [5, 5.41) is 8.16. The zero-order valence-electron chi connectivity index (χ0n) is 28.1. The van der Waals surface area contributed by atoms with Crippen LogP contribution in [0.25, 0.3) is 0 Å². The number of likely N-dealkylation sites (tertiary alicyclic amines) is 1. The smallest absolute Gasteiger partial charge is 0.329 e. The number of urea groups is 1. The molecule has 0 spiro atoms. The summed E-state index contributed by atoms with van der Waals surface area (Å²) in [7, 11) is 0. The molecule has 12 heteroatoms. The number of ether oxygens (including phenoxy) is 1. The predicted molar refractivity (Wildman–Crippen MR) is 172 cm³/mol. The van der Waals surface area contributed by atoms with E-state index in [1.54, 1.807) is 34.6 Å². The van der Waals surface area contributed by atoms with Crippen LogP contribution in [0.3, 0.4) is 0 Å². The molecule has 5 amide bonds. The number of nitrogens with zero attached hydrogens (tertiary/aromatic N) is 1. The zero-order chi connectivity index (χ0) is 34.3. The number of benzene rings is 1. The van der Waals surface area contributed by atoms with Crippen molar-refractivity contribution in [2.24, 2.45) is 34.8 Å². The second-order valence-electron chi connectivity index (χ2n) is 14.4. The average Bonchev–Trinajstić information content (AvgIpc) is 3.68. The first kappa shape index (κ1) is 36.5. The van der Waals surface area contributed by atoms with E-state index >= 15 is 0 Å². The van der Waals surface area contributed by atoms with Gasteiger partial charge >= 0.3 is 12.0 Å². The predicted octanol–water partition coefficient (Wildman–Crippen LogP) is 2.68. The molecular weight excluding hydrogens is 590 g/mol. The Hall–Kier alpha value is -3.96. The maximum atomic E-state index is 14.2. The maximum absolute atomic E-state index is 14.2. The zero-order valence-corrected chi connectivity index (χ0v) is 28.1. The Morgan fingerprint density at radius 1 is 0.957 bits per heavy atom. The van der Waals surface area contributed by atoms with E-state index in [4.69, 9.17) is 10.5 Å². The number of hydrogen-bond donors (Lipinski definition) is 4. The highest BCUT2D eigenvalue weighted by Gasteiger charge is 2.46. The van der Waals surface area contributed by atoms with Crippen molar-refractivity contribution in [3.8, 4) is 0 Å². The second-order valence-corrected chi connectivity index (χ2v) is 14.4. The largest absolute Gasteiger partial charge is 0.459 e. The van der Waals surface area contributed by atoms with Gasteiger partial charge in [-0.15, -0.1) is 0 Å². The van der Waals surface area contributed by atoms with E-state index in [2.05, 4.69) is 16.0 Å². The van der Waals surface area contributed by atoms with Gasteiger partial charge < -0.3 is 31.3 Å². The van der Waals surface area contributed by atoms with Crippen molar-refractivity contribution in [1.29, 1.82) is 0 Å². The number of carbonyl (C=O) groups is 6. The van der Waals surface area contributed by atoms with Gasteiger partial charge in [-0.25, -0.2) is 9.59 Å². The van der Waals surface area contributed by atoms with E-state index in [1.807, 2.05) is 44.2 Å². The number of Topliss-reactive ketones (excluding diaryl/α,β-unsaturated/α-hetero) is 1. The number of rotatable bonds is 14. The number of carbonyl (C=O) groups excluding carboxylic acids is 6. The van der Waals surface area contributed by atoms with Gasteiger partial charge in [0.25, 0.3) is 5.91 Å². The third kappa shape index (κ3) is 10.0. The van der Waals surface area contributed by atoms with Crippen LogP contribution in [0.15, 0.2) is 30.3 Å². The van der Waals surface area contributed by atoms with E-state index < -0.39 is 65.1 Å². The summed E-state index contributed by atoms with van der Waals surface area (Å²) in [5.74, 6) is -3.49. The van der Waals surface area contributed by atoms with Crippen LogP contribution >= 0.6 is 0 Å². The lowest BCUT2D eigenvalue weighted by atomic mass is 9.85. The SMILES string of the molecule is CC(C)[C@@H]1C[C@@H](C(=O)NC(CC2CC2)C(=O)C(N)=O)N(C(=O)[C@@H](NC(=O)N[C@H](C(=O)OCc2ccccc2)C(C)C)C(C)(C)C)C1. The minimum absolute atomic E-state index is 0.00687. The monoisotopic (exact) mass is 641 g/mol. The first-order valence-electron chi connectivity index (χ1n) is 16.2. The number of primary amides is 1. The summed E-state index contributed by atoms with van der Waals surface area (Å²) in [5.41, 5.74) is 5.30. The fourth-order valence-electron chi connectivity index (χ4n) is 5.65. The maximum Gasteiger partial charge on any atom is 0.329 e. The fraction of sp³-hybridized carbons (Fsp3) is 0.647. The van der Waals surface area contributed by atoms with Crippen molar-refractivity contribution in [2.75, 3.05) is 6.54 Å². The third-order valence-corrected chi connectivity index (χ3v) is 8.82. The Morgan fingerprint density at radius 3 is 2.11 bits per heavy atom. The molecule has 5 N–H and O–H groups in total. The van der Waals surface area contributed by atoms with Gasteiger partial charge in [0.2, 0.25) is 17.6 Å². The average molecular weight is 642 g/mol. The highest BCUT2D eigenvalue weighted by molar-refractivity contribution is 6.37. The highest BCUT2D eigenvalue weighted by atomic mass is 16.5. The lowest BCUT2D eigenvalue weighted by molar-refractivity contribution is -0.148. The molecule has 0 radical (unpaired) electrons. The minimum Gasteiger partial charge on any atom is -0.459 e. The van der Waals surface area contributed by atoms with Crippen molar-refractivity contribution in [2.45, 2.75) is 105 Å². The van der Waals surface area contributed by atoms with E-state index in [-0.39, 0.29) is 36.8 Å². The van der Waals surface area contributed by atoms with Crippen LogP contribution < -0.4 is 21.7 Å². The van der Waals surface area contributed by atoms with Crippen LogP contribution in [0.5, 0.6) is 0 Å². The van der Waals surface area contributed by atoms with Crippen LogP contribution in [-0.2, 0) is 35.3 Å². The van der Waals surface area contributed by atoms with Crippen molar-refractivity contribution in [1.82, 2.24) is 20.9 Å². The number of ketones is 1. The Bertz CT molecular complexity index is 1270. The molecule has 254 valence electrons. The molecule has 1 aliphatic heterocycles. The third-order valence-electron chi connectivity index (χ3n) is 8.82. The summed E-state index contributed by atoms with van der Waals surface area (Å²) in [4.78, 5) is 79.9. The van der Waals surface area contributed by atoms with Gasteiger partial charge in [-0.1, -0.05) is 91.6 Å². The lowest BCUT2D eigenvalue weighted by Crippen LogP contribution is -2.61. The molecule has 1 saturated heterocycles. The van der Waals surface area contributed by atoms with Crippen molar-refractivity contribution in [3.63, 3.8) is 0 Å². The van der Waals surface area contributed by atoms with E-state index in [1.165, 1.54) is 4.90 Å². The van der Waals surface area contributed by atoms with Crippen molar-refractivity contribution in [3.05, 3.63) is 35.9 Å². The van der Waals surface area contributed by atoms with E-state index in [9.17, 15) is 28.8 Å². The normalized spacial score (nSPS) is 20.1. The van der Waals surface area contributed by atoms with Gasteiger partial charge in [-0.3, -0.25) is 19.2 Å². The summed E-state index contributed by atoms with van der Waals surface area (Å²) in [6, 6.07) is 4.48. The molecule has 1 aromatic rings. The molecule has 1 unspecified atom stereocenters. The molecule has 1 heterocycles. The molecule has 1 aromatic carbocycles.